The number of benzene rings is 1. The lowest BCUT2D eigenvalue weighted by Crippen LogP contribution is -2.48. The second-order valence-electron chi connectivity index (χ2n) is 5.71. The van der Waals surface area contributed by atoms with Gasteiger partial charge in [-0.2, -0.15) is 10.5 Å². The number of nitriles is 2. The molecule has 0 spiro atoms. The number of methoxy groups -OCH3 is 1. The summed E-state index contributed by atoms with van der Waals surface area (Å²) >= 11 is 0. The van der Waals surface area contributed by atoms with E-state index in [1.165, 1.54) is 7.11 Å². The van der Waals surface area contributed by atoms with Crippen LogP contribution in [0, 0.1) is 22.8 Å². The predicted molar refractivity (Wildman–Crippen MR) is 82.7 cm³/mol. The van der Waals surface area contributed by atoms with Gasteiger partial charge < -0.3 is 14.6 Å². The number of nitrogens with one attached hydrogen (secondary N) is 1. The Balaban J connectivity index is 2.54. The van der Waals surface area contributed by atoms with Crippen molar-refractivity contribution >= 4 is 5.84 Å². The van der Waals surface area contributed by atoms with E-state index < -0.39 is 17.7 Å². The van der Waals surface area contributed by atoms with Crippen molar-refractivity contribution in [2.24, 2.45) is 4.99 Å². The van der Waals surface area contributed by atoms with Crippen LogP contribution in [0.5, 0.6) is 5.75 Å². The Morgan fingerprint density at radius 1 is 1.48 bits per heavy atom. The maximum atomic E-state index is 10.6. The van der Waals surface area contributed by atoms with E-state index in [2.05, 4.69) is 16.4 Å². The van der Waals surface area contributed by atoms with Gasteiger partial charge in [-0.15, -0.1) is 0 Å². The van der Waals surface area contributed by atoms with Crippen molar-refractivity contribution in [1.29, 1.82) is 10.5 Å². The monoisotopic (exact) mass is 314 g/mol. The van der Waals surface area contributed by atoms with Crippen molar-refractivity contribution in [1.82, 2.24) is 5.32 Å². The Labute approximate surface area is 134 Å². The highest BCUT2D eigenvalue weighted by Crippen LogP contribution is 2.42. The molecule has 0 amide bonds. The molecular weight excluding hydrogens is 296 g/mol. The lowest BCUT2D eigenvalue weighted by atomic mass is 9.86. The molecule has 23 heavy (non-hydrogen) atoms. The van der Waals surface area contributed by atoms with Crippen molar-refractivity contribution < 1.29 is 14.6 Å². The largest absolute Gasteiger partial charge is 0.485 e. The molecule has 1 aromatic carbocycles. The third-order valence-corrected chi connectivity index (χ3v) is 3.62. The second kappa shape index (κ2) is 6.66. The van der Waals surface area contributed by atoms with E-state index in [0.29, 0.717) is 22.7 Å². The topological polar surface area (TPSA) is 111 Å². The predicted octanol–water partition coefficient (Wildman–Crippen LogP) is 1.25. The molecule has 7 heteroatoms. The Morgan fingerprint density at radius 2 is 2.22 bits per heavy atom. The summed E-state index contributed by atoms with van der Waals surface area (Å²) in [7, 11) is 1.49. The van der Waals surface area contributed by atoms with Crippen LogP contribution in [0.1, 0.15) is 31.0 Å². The Morgan fingerprint density at radius 3 is 2.83 bits per heavy atom. The highest BCUT2D eigenvalue weighted by atomic mass is 16.5. The van der Waals surface area contributed by atoms with Gasteiger partial charge in [0.15, 0.2) is 6.19 Å². The maximum Gasteiger partial charge on any atom is 0.182 e. The quantitative estimate of drug-likeness (QED) is 0.376. The Hall–Kier alpha value is -2.61. The second-order valence-corrected chi connectivity index (χ2v) is 5.71. The first-order valence-electron chi connectivity index (χ1n) is 7.04. The fourth-order valence-corrected chi connectivity index (χ4v) is 2.45. The third kappa shape index (κ3) is 3.42. The molecule has 0 fully saturated rings. The lowest BCUT2D eigenvalue weighted by molar-refractivity contribution is -0.0567. The molecular formula is C16H18N4O3. The van der Waals surface area contributed by atoms with Crippen LogP contribution < -0.4 is 10.1 Å². The van der Waals surface area contributed by atoms with E-state index in [-0.39, 0.29) is 6.61 Å². The molecule has 0 saturated carbocycles. The van der Waals surface area contributed by atoms with Crippen molar-refractivity contribution in [3.05, 3.63) is 29.3 Å². The molecule has 0 radical (unpaired) electrons. The number of hydrogen-bond acceptors (Lipinski definition) is 6. The van der Waals surface area contributed by atoms with Crippen molar-refractivity contribution in [2.75, 3.05) is 13.7 Å². The number of aliphatic hydroxyl groups excluding tert-OH is 1. The van der Waals surface area contributed by atoms with Gasteiger partial charge in [-0.25, -0.2) is 0 Å². The number of ether oxygens (including phenoxy) is 2. The zero-order valence-electron chi connectivity index (χ0n) is 13.2. The van der Waals surface area contributed by atoms with E-state index >= 15 is 0 Å². The number of rotatable bonds is 3. The molecule has 120 valence electrons. The third-order valence-electron chi connectivity index (χ3n) is 3.62. The standard InChI is InChI=1S/C16H18N4O3/c1-16(2)15(21)14(20-13(8-22-3)19-9-18)11-6-10(7-17)4-5-12(11)23-16/h4-6,14-15,21H,8H2,1-3H3,(H,19,20). The van der Waals surface area contributed by atoms with Crippen LogP contribution in [0.3, 0.4) is 0 Å². The fraction of sp³-hybridized carbons (Fsp3) is 0.438. The zero-order chi connectivity index (χ0) is 17.0. The highest BCUT2D eigenvalue weighted by Gasteiger charge is 2.43. The van der Waals surface area contributed by atoms with Crippen LogP contribution in [-0.4, -0.2) is 36.4 Å². The van der Waals surface area contributed by atoms with Gasteiger partial charge in [0.05, 0.1) is 11.6 Å². The number of hydrogen-bond donors (Lipinski definition) is 2. The Kier molecular flexibility index (Phi) is 4.85. The van der Waals surface area contributed by atoms with E-state index in [4.69, 9.17) is 20.0 Å². The average Bonchev–Trinajstić information content (AvgIpc) is 2.51. The molecule has 1 heterocycles. The molecule has 7 nitrogen and oxygen atoms in total. The lowest BCUT2D eigenvalue weighted by Gasteiger charge is -2.40. The van der Waals surface area contributed by atoms with Gasteiger partial charge in [0, 0.05) is 12.7 Å². The molecule has 2 unspecified atom stereocenters. The number of aliphatic imine (C=N–C) groups is 1. The first kappa shape index (κ1) is 16.8. The number of nitrogens with zero attached hydrogens (tertiary/aromatic N) is 3. The summed E-state index contributed by atoms with van der Waals surface area (Å²) in [6.07, 6.45) is 0.850. The van der Waals surface area contributed by atoms with Crippen molar-refractivity contribution in [2.45, 2.75) is 31.6 Å². The summed E-state index contributed by atoms with van der Waals surface area (Å²) < 4.78 is 10.8. The van der Waals surface area contributed by atoms with E-state index in [1.54, 1.807) is 38.2 Å². The molecule has 1 aliphatic heterocycles. The maximum absolute atomic E-state index is 10.6. The van der Waals surface area contributed by atoms with Crippen molar-refractivity contribution in [3.8, 4) is 18.0 Å². The van der Waals surface area contributed by atoms with Crippen LogP contribution >= 0.6 is 0 Å². The minimum Gasteiger partial charge on any atom is -0.485 e. The molecule has 0 bridgehead atoms. The molecule has 0 aromatic heterocycles. The Bertz CT molecular complexity index is 700. The van der Waals surface area contributed by atoms with Gasteiger partial charge in [0.25, 0.3) is 0 Å². The highest BCUT2D eigenvalue weighted by molar-refractivity contribution is 5.85. The number of aliphatic hydroxyl groups is 1. The first-order chi connectivity index (χ1) is 10.9. The van der Waals surface area contributed by atoms with Crippen molar-refractivity contribution in [3.63, 3.8) is 0 Å². The summed E-state index contributed by atoms with van der Waals surface area (Å²) in [6, 6.07) is 6.37. The number of amidine groups is 1. The van der Waals surface area contributed by atoms with Crippen LogP contribution in [0.25, 0.3) is 0 Å². The van der Waals surface area contributed by atoms with Crippen LogP contribution in [0.2, 0.25) is 0 Å². The van der Waals surface area contributed by atoms with Gasteiger partial charge in [0.2, 0.25) is 0 Å². The van der Waals surface area contributed by atoms with Gasteiger partial charge >= 0.3 is 0 Å². The van der Waals surface area contributed by atoms with E-state index in [0.717, 1.165) is 0 Å². The molecule has 2 atom stereocenters. The molecule has 0 aliphatic carbocycles. The molecule has 0 saturated heterocycles. The minimum atomic E-state index is -0.948. The fourth-order valence-electron chi connectivity index (χ4n) is 2.45. The summed E-state index contributed by atoms with van der Waals surface area (Å²) in [5, 5.41) is 31.0. The van der Waals surface area contributed by atoms with Gasteiger partial charge in [-0.05, 0) is 32.0 Å². The SMILES string of the molecule is COCC(=NC1c2cc(C#N)ccc2OC(C)(C)C1O)NC#N. The molecule has 2 rings (SSSR count). The number of fused-ring (bicyclic) bond motifs is 1. The summed E-state index contributed by atoms with van der Waals surface area (Å²) in [5.41, 5.74) is 0.186. The summed E-state index contributed by atoms with van der Waals surface area (Å²) in [4.78, 5) is 4.43. The molecule has 2 N–H and O–H groups in total. The van der Waals surface area contributed by atoms with Crippen LogP contribution in [0.4, 0.5) is 0 Å². The van der Waals surface area contributed by atoms with E-state index in [9.17, 15) is 5.11 Å². The molecule has 1 aromatic rings. The summed E-state index contributed by atoms with van der Waals surface area (Å²) in [6.45, 7) is 3.62. The minimum absolute atomic E-state index is 0.103. The normalized spacial score (nSPS) is 22.3. The smallest absolute Gasteiger partial charge is 0.182 e. The first-order valence-corrected chi connectivity index (χ1v) is 7.04. The molecule has 1 aliphatic rings. The van der Waals surface area contributed by atoms with Gasteiger partial charge in [-0.3, -0.25) is 10.3 Å². The van der Waals surface area contributed by atoms with Crippen LogP contribution in [-0.2, 0) is 4.74 Å². The average molecular weight is 314 g/mol. The van der Waals surface area contributed by atoms with E-state index in [1.807, 2.05) is 0 Å². The van der Waals surface area contributed by atoms with Gasteiger partial charge in [0.1, 0.15) is 35.9 Å². The van der Waals surface area contributed by atoms with Gasteiger partial charge in [-0.1, -0.05) is 0 Å². The zero-order valence-corrected chi connectivity index (χ0v) is 13.2. The summed E-state index contributed by atoms with van der Waals surface area (Å²) in [5.74, 6) is 0.854. The van der Waals surface area contributed by atoms with Crippen LogP contribution in [0.15, 0.2) is 23.2 Å².